The van der Waals surface area contributed by atoms with Crippen LogP contribution in [0.3, 0.4) is 0 Å². The predicted octanol–water partition coefficient (Wildman–Crippen LogP) is 3.54. The monoisotopic (exact) mass is 392 g/mol. The summed E-state index contributed by atoms with van der Waals surface area (Å²) in [6.45, 7) is 3.77. The molecule has 2 atom stereocenters. The largest absolute Gasteiger partial charge is 0.346 e. The third kappa shape index (κ3) is 3.71. The van der Waals surface area contributed by atoms with E-state index in [0.29, 0.717) is 22.7 Å². The first-order valence-corrected chi connectivity index (χ1v) is 10.6. The molecule has 1 N–H and O–H groups in total. The Hall–Kier alpha value is -2.05. The fraction of sp³-hybridized carbons (Fsp3) is 0.316. The van der Waals surface area contributed by atoms with Crippen LogP contribution in [0.2, 0.25) is 5.02 Å². The number of nitrogens with zero attached hydrogens (tertiary/aromatic N) is 1. The Balaban J connectivity index is 1.80. The standard InChI is InChI=1S/C19H21ClN2O3S/c1-12-10-16-11-15(6-9-18(16)22(12)26(3,24)25)19(23)21-13(2)14-4-7-17(20)8-5-14/h4-9,11-13H,10H2,1-3H3,(H,21,23)/t12-,13-/m0/s1. The van der Waals surface area contributed by atoms with Crippen molar-refractivity contribution in [3.05, 3.63) is 64.2 Å². The summed E-state index contributed by atoms with van der Waals surface area (Å²) in [6, 6.07) is 12.2. The fourth-order valence-corrected chi connectivity index (χ4v) is 4.75. The van der Waals surface area contributed by atoms with Gasteiger partial charge in [0.05, 0.1) is 18.0 Å². The Kier molecular flexibility index (Phi) is 4.99. The number of anilines is 1. The summed E-state index contributed by atoms with van der Waals surface area (Å²) in [5.74, 6) is -0.194. The maximum absolute atomic E-state index is 12.6. The van der Waals surface area contributed by atoms with Gasteiger partial charge < -0.3 is 5.32 Å². The molecule has 1 aliphatic rings. The highest BCUT2D eigenvalue weighted by atomic mass is 35.5. The molecule has 2 aromatic rings. The molecule has 0 saturated heterocycles. The van der Waals surface area contributed by atoms with E-state index in [2.05, 4.69) is 5.32 Å². The zero-order valence-electron chi connectivity index (χ0n) is 14.9. The number of benzene rings is 2. The van der Waals surface area contributed by atoms with E-state index in [0.717, 1.165) is 11.1 Å². The molecule has 0 unspecified atom stereocenters. The van der Waals surface area contributed by atoms with Gasteiger partial charge >= 0.3 is 0 Å². The smallest absolute Gasteiger partial charge is 0.251 e. The van der Waals surface area contributed by atoms with Gasteiger partial charge in [0.1, 0.15) is 0 Å². The first-order chi connectivity index (χ1) is 12.2. The average molecular weight is 393 g/mol. The number of amides is 1. The Morgan fingerprint density at radius 3 is 2.50 bits per heavy atom. The van der Waals surface area contributed by atoms with Crippen LogP contribution in [0.4, 0.5) is 5.69 Å². The molecule has 0 spiro atoms. The Bertz CT molecular complexity index is 942. The number of hydrogen-bond acceptors (Lipinski definition) is 3. The lowest BCUT2D eigenvalue weighted by atomic mass is 10.0. The van der Waals surface area contributed by atoms with Gasteiger partial charge in [-0.05, 0) is 61.7 Å². The normalized spacial score (nSPS) is 17.7. The van der Waals surface area contributed by atoms with Crippen LogP contribution in [0.15, 0.2) is 42.5 Å². The first kappa shape index (κ1) is 18.7. The molecule has 1 amide bonds. The van der Waals surface area contributed by atoms with Gasteiger partial charge in [-0.2, -0.15) is 0 Å². The van der Waals surface area contributed by atoms with E-state index in [-0.39, 0.29) is 18.0 Å². The molecule has 1 heterocycles. The molecule has 138 valence electrons. The van der Waals surface area contributed by atoms with Crippen molar-refractivity contribution in [2.45, 2.75) is 32.4 Å². The second-order valence-electron chi connectivity index (χ2n) is 6.70. The van der Waals surface area contributed by atoms with Crippen LogP contribution in [0.1, 0.15) is 41.4 Å². The van der Waals surface area contributed by atoms with Crippen LogP contribution < -0.4 is 9.62 Å². The van der Waals surface area contributed by atoms with E-state index in [1.807, 2.05) is 26.0 Å². The van der Waals surface area contributed by atoms with Gasteiger partial charge in [-0.25, -0.2) is 8.42 Å². The molecular weight excluding hydrogens is 372 g/mol. The molecule has 0 fully saturated rings. The maximum Gasteiger partial charge on any atom is 0.251 e. The van der Waals surface area contributed by atoms with E-state index < -0.39 is 10.0 Å². The highest BCUT2D eigenvalue weighted by molar-refractivity contribution is 7.92. The van der Waals surface area contributed by atoms with Gasteiger partial charge in [-0.15, -0.1) is 0 Å². The number of nitrogens with one attached hydrogen (secondary N) is 1. The van der Waals surface area contributed by atoms with Gasteiger partial charge in [-0.3, -0.25) is 9.10 Å². The molecule has 0 aromatic heterocycles. The molecule has 0 bridgehead atoms. The van der Waals surface area contributed by atoms with Gasteiger partial charge in [0.25, 0.3) is 5.91 Å². The number of carbonyl (C=O) groups is 1. The topological polar surface area (TPSA) is 66.5 Å². The second kappa shape index (κ2) is 6.93. The van der Waals surface area contributed by atoms with E-state index in [9.17, 15) is 13.2 Å². The highest BCUT2D eigenvalue weighted by Gasteiger charge is 2.32. The number of carbonyl (C=O) groups excluding carboxylic acids is 1. The zero-order valence-corrected chi connectivity index (χ0v) is 16.4. The minimum absolute atomic E-state index is 0.147. The first-order valence-electron chi connectivity index (χ1n) is 8.35. The fourth-order valence-electron chi connectivity index (χ4n) is 3.36. The lowest BCUT2D eigenvalue weighted by Gasteiger charge is -2.22. The van der Waals surface area contributed by atoms with Crippen molar-refractivity contribution in [1.82, 2.24) is 5.32 Å². The van der Waals surface area contributed by atoms with Crippen LogP contribution in [0.25, 0.3) is 0 Å². The van der Waals surface area contributed by atoms with Crippen LogP contribution in [0.5, 0.6) is 0 Å². The molecule has 0 saturated carbocycles. The summed E-state index contributed by atoms with van der Waals surface area (Å²) in [5, 5.41) is 3.61. The summed E-state index contributed by atoms with van der Waals surface area (Å²) in [4.78, 5) is 12.6. The molecule has 3 rings (SSSR count). The third-order valence-electron chi connectivity index (χ3n) is 4.57. The van der Waals surface area contributed by atoms with Crippen LogP contribution in [-0.2, 0) is 16.4 Å². The summed E-state index contributed by atoms with van der Waals surface area (Å²) in [5.41, 5.74) is 3.00. The van der Waals surface area contributed by atoms with Crippen molar-refractivity contribution in [1.29, 1.82) is 0 Å². The summed E-state index contributed by atoms with van der Waals surface area (Å²) in [7, 11) is -3.33. The zero-order chi connectivity index (χ0) is 19.1. The highest BCUT2D eigenvalue weighted by Crippen LogP contribution is 2.34. The average Bonchev–Trinajstić information content (AvgIpc) is 2.90. The summed E-state index contributed by atoms with van der Waals surface area (Å²) < 4.78 is 25.4. The van der Waals surface area contributed by atoms with Gasteiger partial charge in [0.15, 0.2) is 0 Å². The molecule has 0 aliphatic carbocycles. The molecular formula is C19H21ClN2O3S. The van der Waals surface area contributed by atoms with E-state index in [1.54, 1.807) is 30.3 Å². The van der Waals surface area contributed by atoms with E-state index in [1.165, 1.54) is 10.6 Å². The lowest BCUT2D eigenvalue weighted by molar-refractivity contribution is 0.0940. The predicted molar refractivity (Wildman–Crippen MR) is 104 cm³/mol. The molecule has 7 heteroatoms. The number of hydrogen-bond donors (Lipinski definition) is 1. The van der Waals surface area contributed by atoms with Gasteiger partial charge in [-0.1, -0.05) is 23.7 Å². The van der Waals surface area contributed by atoms with Crippen molar-refractivity contribution in [2.75, 3.05) is 10.6 Å². The summed E-state index contributed by atoms with van der Waals surface area (Å²) in [6.07, 6.45) is 1.79. The van der Waals surface area contributed by atoms with Crippen molar-refractivity contribution in [2.24, 2.45) is 0 Å². The minimum atomic E-state index is -3.33. The summed E-state index contributed by atoms with van der Waals surface area (Å²) >= 11 is 5.89. The number of rotatable bonds is 4. The van der Waals surface area contributed by atoms with Gasteiger partial charge in [0.2, 0.25) is 10.0 Å². The Labute approximate surface area is 159 Å². The third-order valence-corrected chi connectivity index (χ3v) is 6.09. The molecule has 0 radical (unpaired) electrons. The van der Waals surface area contributed by atoms with Crippen LogP contribution >= 0.6 is 11.6 Å². The quantitative estimate of drug-likeness (QED) is 0.865. The molecule has 1 aliphatic heterocycles. The minimum Gasteiger partial charge on any atom is -0.346 e. The molecule has 26 heavy (non-hydrogen) atoms. The van der Waals surface area contributed by atoms with Crippen molar-refractivity contribution >= 4 is 33.2 Å². The molecule has 2 aromatic carbocycles. The van der Waals surface area contributed by atoms with E-state index >= 15 is 0 Å². The van der Waals surface area contributed by atoms with Gasteiger partial charge in [0, 0.05) is 16.6 Å². The molecule has 5 nitrogen and oxygen atoms in total. The Morgan fingerprint density at radius 1 is 1.23 bits per heavy atom. The maximum atomic E-state index is 12.6. The number of halogens is 1. The SMILES string of the molecule is C[C@H](NC(=O)c1ccc2c(c1)C[C@H](C)N2S(C)(=O)=O)c1ccc(Cl)cc1. The van der Waals surface area contributed by atoms with Crippen LogP contribution in [0, 0.1) is 0 Å². The van der Waals surface area contributed by atoms with Crippen molar-refractivity contribution < 1.29 is 13.2 Å². The number of fused-ring (bicyclic) bond motifs is 1. The number of sulfonamides is 1. The Morgan fingerprint density at radius 2 is 1.88 bits per heavy atom. The van der Waals surface area contributed by atoms with Crippen molar-refractivity contribution in [3.63, 3.8) is 0 Å². The van der Waals surface area contributed by atoms with E-state index in [4.69, 9.17) is 11.6 Å². The second-order valence-corrected chi connectivity index (χ2v) is 9.00. The van der Waals surface area contributed by atoms with Crippen molar-refractivity contribution in [3.8, 4) is 0 Å². The lowest BCUT2D eigenvalue weighted by Crippen LogP contribution is -2.34. The van der Waals surface area contributed by atoms with Crippen LogP contribution in [-0.4, -0.2) is 26.6 Å².